The number of rotatable bonds is 3. The average molecular weight is 308 g/mol. The Hall–Kier alpha value is -1.75. The lowest BCUT2D eigenvalue weighted by Crippen LogP contribution is -2.12. The first-order valence-electron chi connectivity index (χ1n) is 5.26. The van der Waals surface area contributed by atoms with E-state index in [0.717, 1.165) is 21.4 Å². The van der Waals surface area contributed by atoms with E-state index in [9.17, 15) is 4.39 Å². The molecule has 3 nitrogen and oxygen atoms in total. The second kappa shape index (κ2) is 5.27. The maximum atomic E-state index is 12.9. The maximum Gasteiger partial charge on any atom is 0.123 e. The van der Waals surface area contributed by atoms with Gasteiger partial charge in [0.1, 0.15) is 5.82 Å². The zero-order valence-corrected chi connectivity index (χ0v) is 11.3. The van der Waals surface area contributed by atoms with E-state index in [1.54, 1.807) is 24.5 Å². The van der Waals surface area contributed by atoms with E-state index < -0.39 is 0 Å². The van der Waals surface area contributed by atoms with Gasteiger partial charge in [0.05, 0.1) is 11.9 Å². The lowest BCUT2D eigenvalue weighted by molar-refractivity contribution is 0.628. The molecule has 0 unspecified atom stereocenters. The van der Waals surface area contributed by atoms with Gasteiger partial charge in [0.2, 0.25) is 0 Å². The Morgan fingerprint density at radius 1 is 1.28 bits per heavy atom. The number of nitrogens with zero attached hydrogens (tertiary/aromatic N) is 2. The predicted octanol–water partition coefficient (Wildman–Crippen LogP) is 3.75. The molecule has 0 amide bonds. The van der Waals surface area contributed by atoms with E-state index in [-0.39, 0.29) is 5.82 Å². The normalized spacial score (nSPS) is 10.2. The highest BCUT2D eigenvalue weighted by Crippen LogP contribution is 2.29. The molecule has 5 heteroatoms. The lowest BCUT2D eigenvalue weighted by atomic mass is 10.2. The monoisotopic (exact) mass is 307 g/mol. The minimum absolute atomic E-state index is 0.271. The Balaban J connectivity index is 2.45. The van der Waals surface area contributed by atoms with Crippen LogP contribution in [0.4, 0.5) is 15.8 Å². The standard InChI is InChI=1S/C13H11BrFN3/c1-18(10-4-2-9(15)3-5-10)13-8-17-7-12(14)11(13)6-16/h2-8,16H,1H3. The van der Waals surface area contributed by atoms with Crippen LogP contribution >= 0.6 is 15.9 Å². The van der Waals surface area contributed by atoms with Gasteiger partial charge < -0.3 is 10.3 Å². The van der Waals surface area contributed by atoms with Crippen LogP contribution in [0, 0.1) is 11.2 Å². The Kier molecular flexibility index (Phi) is 3.72. The molecule has 0 saturated heterocycles. The fourth-order valence-corrected chi connectivity index (χ4v) is 2.08. The molecule has 0 bridgehead atoms. The Morgan fingerprint density at radius 3 is 2.56 bits per heavy atom. The number of aromatic nitrogens is 1. The molecule has 1 aromatic heterocycles. The summed E-state index contributed by atoms with van der Waals surface area (Å²) < 4.78 is 13.6. The van der Waals surface area contributed by atoms with Crippen molar-refractivity contribution in [2.45, 2.75) is 0 Å². The quantitative estimate of drug-likeness (QED) is 0.877. The molecule has 0 fully saturated rings. The molecule has 0 atom stereocenters. The minimum atomic E-state index is -0.271. The van der Waals surface area contributed by atoms with Crippen LogP contribution in [-0.4, -0.2) is 18.2 Å². The van der Waals surface area contributed by atoms with Gasteiger partial charge in [0, 0.05) is 35.2 Å². The van der Waals surface area contributed by atoms with Gasteiger partial charge >= 0.3 is 0 Å². The molecule has 18 heavy (non-hydrogen) atoms. The third-order valence-electron chi connectivity index (χ3n) is 2.64. The topological polar surface area (TPSA) is 40.0 Å². The van der Waals surface area contributed by atoms with E-state index in [0.29, 0.717) is 0 Å². The van der Waals surface area contributed by atoms with Crippen molar-refractivity contribution in [1.29, 1.82) is 5.41 Å². The molecule has 0 spiro atoms. The first-order valence-corrected chi connectivity index (χ1v) is 6.06. The predicted molar refractivity (Wildman–Crippen MR) is 74.3 cm³/mol. The fourth-order valence-electron chi connectivity index (χ4n) is 1.65. The third kappa shape index (κ3) is 2.41. The molecule has 0 radical (unpaired) electrons. The first-order chi connectivity index (χ1) is 8.63. The van der Waals surface area contributed by atoms with Crippen molar-refractivity contribution in [2.24, 2.45) is 0 Å². The van der Waals surface area contributed by atoms with Crippen molar-refractivity contribution >= 4 is 33.5 Å². The smallest absolute Gasteiger partial charge is 0.123 e. The van der Waals surface area contributed by atoms with Crippen molar-refractivity contribution in [1.82, 2.24) is 4.98 Å². The summed E-state index contributed by atoms with van der Waals surface area (Å²) in [6, 6.07) is 6.18. The van der Waals surface area contributed by atoms with Crippen molar-refractivity contribution < 1.29 is 4.39 Å². The van der Waals surface area contributed by atoms with E-state index in [4.69, 9.17) is 5.41 Å². The molecule has 0 saturated carbocycles. The highest BCUT2D eigenvalue weighted by atomic mass is 79.9. The molecule has 2 rings (SSSR count). The SMILES string of the molecule is CN(c1ccc(F)cc1)c1cncc(Br)c1C=N. The summed E-state index contributed by atoms with van der Waals surface area (Å²) in [5, 5.41) is 7.45. The average Bonchev–Trinajstić information content (AvgIpc) is 2.38. The van der Waals surface area contributed by atoms with Crippen molar-refractivity contribution in [3.8, 4) is 0 Å². The summed E-state index contributed by atoms with van der Waals surface area (Å²) in [6.45, 7) is 0. The molecule has 0 aliphatic rings. The Bertz CT molecular complexity index is 569. The molecular formula is C13H11BrFN3. The van der Waals surface area contributed by atoms with Gasteiger partial charge in [-0.05, 0) is 40.2 Å². The number of hydrogen-bond acceptors (Lipinski definition) is 3. The van der Waals surface area contributed by atoms with Gasteiger partial charge in [0.25, 0.3) is 0 Å². The van der Waals surface area contributed by atoms with Gasteiger partial charge in [-0.2, -0.15) is 0 Å². The van der Waals surface area contributed by atoms with Gasteiger partial charge in [-0.15, -0.1) is 0 Å². The third-order valence-corrected chi connectivity index (χ3v) is 3.27. The lowest BCUT2D eigenvalue weighted by Gasteiger charge is -2.21. The number of hydrogen-bond donors (Lipinski definition) is 1. The number of pyridine rings is 1. The molecule has 2 aromatic rings. The van der Waals surface area contributed by atoms with E-state index >= 15 is 0 Å². The largest absolute Gasteiger partial charge is 0.343 e. The molecular weight excluding hydrogens is 297 g/mol. The van der Waals surface area contributed by atoms with Crippen LogP contribution in [0.1, 0.15) is 5.56 Å². The molecule has 0 aliphatic heterocycles. The zero-order valence-electron chi connectivity index (χ0n) is 9.69. The maximum absolute atomic E-state index is 12.9. The molecule has 92 valence electrons. The van der Waals surface area contributed by atoms with Gasteiger partial charge in [-0.1, -0.05) is 0 Å². The molecule has 1 heterocycles. The van der Waals surface area contributed by atoms with Crippen LogP contribution < -0.4 is 4.90 Å². The van der Waals surface area contributed by atoms with Crippen LogP contribution in [0.15, 0.2) is 41.1 Å². The van der Waals surface area contributed by atoms with Crippen LogP contribution in [0.2, 0.25) is 0 Å². The molecule has 0 aliphatic carbocycles. The van der Waals surface area contributed by atoms with E-state index in [1.165, 1.54) is 18.3 Å². The van der Waals surface area contributed by atoms with Crippen LogP contribution in [-0.2, 0) is 0 Å². The summed E-state index contributed by atoms with van der Waals surface area (Å²) in [7, 11) is 1.85. The van der Waals surface area contributed by atoms with Gasteiger partial charge in [-0.3, -0.25) is 4.98 Å². The van der Waals surface area contributed by atoms with Gasteiger partial charge in [0.15, 0.2) is 0 Å². The zero-order chi connectivity index (χ0) is 13.1. The second-order valence-corrected chi connectivity index (χ2v) is 4.59. The van der Waals surface area contributed by atoms with Crippen LogP contribution in [0.3, 0.4) is 0 Å². The minimum Gasteiger partial charge on any atom is -0.343 e. The molecule has 1 aromatic carbocycles. The fraction of sp³-hybridized carbons (Fsp3) is 0.0769. The Morgan fingerprint density at radius 2 is 1.94 bits per heavy atom. The summed E-state index contributed by atoms with van der Waals surface area (Å²) >= 11 is 3.36. The summed E-state index contributed by atoms with van der Waals surface area (Å²) in [4.78, 5) is 5.95. The van der Waals surface area contributed by atoms with Crippen molar-refractivity contribution in [2.75, 3.05) is 11.9 Å². The molecule has 1 N–H and O–H groups in total. The summed E-state index contributed by atoms with van der Waals surface area (Å²) in [5.41, 5.74) is 2.35. The van der Waals surface area contributed by atoms with E-state index in [2.05, 4.69) is 20.9 Å². The van der Waals surface area contributed by atoms with Gasteiger partial charge in [-0.25, -0.2) is 4.39 Å². The first kappa shape index (κ1) is 12.7. The van der Waals surface area contributed by atoms with Crippen molar-refractivity contribution in [3.05, 3.63) is 52.5 Å². The highest BCUT2D eigenvalue weighted by molar-refractivity contribution is 9.10. The van der Waals surface area contributed by atoms with Crippen LogP contribution in [0.25, 0.3) is 0 Å². The number of benzene rings is 1. The number of halogens is 2. The highest BCUT2D eigenvalue weighted by Gasteiger charge is 2.11. The number of nitrogens with one attached hydrogen (secondary N) is 1. The van der Waals surface area contributed by atoms with Crippen LogP contribution in [0.5, 0.6) is 0 Å². The van der Waals surface area contributed by atoms with E-state index in [1.807, 2.05) is 11.9 Å². The van der Waals surface area contributed by atoms with Crippen molar-refractivity contribution in [3.63, 3.8) is 0 Å². The number of anilines is 2. The Labute approximate surface area is 113 Å². The second-order valence-electron chi connectivity index (χ2n) is 3.73. The summed E-state index contributed by atoms with van der Waals surface area (Å²) in [6.07, 6.45) is 4.58. The summed E-state index contributed by atoms with van der Waals surface area (Å²) in [5.74, 6) is -0.271.